The molecule has 4 N–H and O–H groups in total. The number of hydrogen-bond donors (Lipinski definition) is 2. The zero-order chi connectivity index (χ0) is 32.2. The molecule has 0 aliphatic heterocycles. The molecular formula is C30H34N4O8S-2. The van der Waals surface area contributed by atoms with Gasteiger partial charge in [-0.3, -0.25) is 4.79 Å². The van der Waals surface area contributed by atoms with Crippen molar-refractivity contribution < 1.29 is 37.2 Å². The molecule has 0 aromatic heterocycles. The minimum atomic E-state index is -4.27. The monoisotopic (exact) mass is 610 g/mol. The number of amides is 1. The molecule has 0 heterocycles. The third kappa shape index (κ3) is 11.2. The maximum absolute atomic E-state index is 12.7. The number of rotatable bonds is 11. The van der Waals surface area contributed by atoms with Gasteiger partial charge in [0.25, 0.3) is 0 Å². The van der Waals surface area contributed by atoms with Crippen molar-refractivity contribution >= 4 is 39.6 Å². The molecule has 0 spiro atoms. The third-order valence-electron chi connectivity index (χ3n) is 5.86. The van der Waals surface area contributed by atoms with Gasteiger partial charge in [0.1, 0.15) is 15.9 Å². The van der Waals surface area contributed by atoms with Gasteiger partial charge in [-0.15, -0.1) is 0 Å². The summed E-state index contributed by atoms with van der Waals surface area (Å²) in [5.41, 5.74) is 12.4. The Morgan fingerprint density at radius 1 is 0.907 bits per heavy atom. The van der Waals surface area contributed by atoms with Gasteiger partial charge >= 0.3 is 5.97 Å². The van der Waals surface area contributed by atoms with E-state index in [1.807, 2.05) is 20.8 Å². The molecule has 0 saturated heterocycles. The summed E-state index contributed by atoms with van der Waals surface area (Å²) < 4.78 is 36.5. The average molecular weight is 611 g/mol. The maximum atomic E-state index is 12.7. The van der Waals surface area contributed by atoms with E-state index in [0.29, 0.717) is 18.8 Å². The van der Waals surface area contributed by atoms with Gasteiger partial charge in [-0.1, -0.05) is 31.5 Å². The molecule has 0 bridgehead atoms. The molecule has 13 heteroatoms. The number of aromatic carboxylic acids is 1. The van der Waals surface area contributed by atoms with Crippen LogP contribution in [0.2, 0.25) is 0 Å². The number of benzene rings is 3. The molecular weight excluding hydrogens is 576 g/mol. The van der Waals surface area contributed by atoms with E-state index in [9.17, 15) is 32.5 Å². The van der Waals surface area contributed by atoms with Gasteiger partial charge in [0.15, 0.2) is 5.96 Å². The summed E-state index contributed by atoms with van der Waals surface area (Å²) in [5.74, 6) is -2.24. The predicted molar refractivity (Wildman–Crippen MR) is 158 cm³/mol. The van der Waals surface area contributed by atoms with Gasteiger partial charge in [-0.2, -0.15) is 0 Å². The van der Waals surface area contributed by atoms with E-state index >= 15 is 0 Å². The number of nitrogens with two attached hydrogens (primary N) is 2. The van der Waals surface area contributed by atoms with Crippen LogP contribution < -0.4 is 21.3 Å². The fourth-order valence-electron chi connectivity index (χ4n) is 3.85. The Hall–Kier alpha value is -4.75. The van der Waals surface area contributed by atoms with Crippen molar-refractivity contribution in [3.8, 4) is 5.75 Å². The van der Waals surface area contributed by atoms with Gasteiger partial charge in [0.05, 0.1) is 28.5 Å². The number of carboxylic acid groups (broad SMARTS) is 1. The molecule has 0 saturated carbocycles. The molecule has 0 unspecified atom stereocenters. The van der Waals surface area contributed by atoms with Crippen LogP contribution in [0, 0.1) is 6.92 Å². The molecule has 3 aromatic rings. The first-order chi connectivity index (χ1) is 20.2. The minimum Gasteiger partial charge on any atom is -0.744 e. The molecule has 3 aromatic carbocycles. The smallest absolute Gasteiger partial charge is 0.343 e. The summed E-state index contributed by atoms with van der Waals surface area (Å²) >= 11 is 0. The van der Waals surface area contributed by atoms with Crippen molar-refractivity contribution in [1.29, 1.82) is 0 Å². The van der Waals surface area contributed by atoms with Gasteiger partial charge < -0.3 is 35.6 Å². The van der Waals surface area contributed by atoms with Crippen molar-refractivity contribution in [2.75, 3.05) is 13.1 Å². The number of carbonyl (C=O) groups is 3. The number of carboxylic acids is 1. The summed E-state index contributed by atoms with van der Waals surface area (Å²) in [6.07, 6.45) is 1.44. The molecule has 0 aliphatic rings. The molecule has 0 radical (unpaired) electrons. The lowest BCUT2D eigenvalue weighted by Crippen LogP contribution is -2.34. The summed E-state index contributed by atoms with van der Waals surface area (Å²) in [6.45, 7) is 6.91. The highest BCUT2D eigenvalue weighted by molar-refractivity contribution is 7.85. The van der Waals surface area contributed by atoms with Gasteiger partial charge in [-0.05, 0) is 79.9 Å². The van der Waals surface area contributed by atoms with Crippen molar-refractivity contribution in [2.45, 2.75) is 44.9 Å². The second kappa shape index (κ2) is 16.0. The molecule has 0 fully saturated rings. The van der Waals surface area contributed by atoms with Crippen LogP contribution in [0.25, 0.3) is 0 Å². The highest BCUT2D eigenvalue weighted by Gasteiger charge is 2.17. The van der Waals surface area contributed by atoms with Crippen LogP contribution in [0.1, 0.15) is 58.5 Å². The minimum absolute atomic E-state index is 0.105. The van der Waals surface area contributed by atoms with Crippen LogP contribution >= 0.6 is 0 Å². The van der Waals surface area contributed by atoms with Gasteiger partial charge in [0, 0.05) is 18.7 Å². The molecule has 0 aliphatic carbocycles. The van der Waals surface area contributed by atoms with Crippen LogP contribution in [0.4, 0.5) is 5.69 Å². The quantitative estimate of drug-likeness (QED) is 0.106. The number of aryl methyl sites for hydroxylation is 1. The highest BCUT2D eigenvalue weighted by Crippen LogP contribution is 2.21. The van der Waals surface area contributed by atoms with Gasteiger partial charge in [-0.25, -0.2) is 18.2 Å². The predicted octanol–water partition coefficient (Wildman–Crippen LogP) is 2.26. The highest BCUT2D eigenvalue weighted by atomic mass is 32.2. The van der Waals surface area contributed by atoms with Crippen LogP contribution in [0.15, 0.2) is 76.6 Å². The second-order valence-electron chi connectivity index (χ2n) is 9.40. The van der Waals surface area contributed by atoms with Crippen molar-refractivity contribution in [3.05, 3.63) is 89.0 Å². The summed E-state index contributed by atoms with van der Waals surface area (Å²) in [5, 5.41) is 11.5. The van der Waals surface area contributed by atoms with Crippen LogP contribution in [-0.2, 0) is 21.3 Å². The Morgan fingerprint density at radius 3 is 1.98 bits per heavy atom. The first-order valence-electron chi connectivity index (χ1n) is 13.3. The lowest BCUT2D eigenvalue weighted by molar-refractivity contribution is -0.255. The lowest BCUT2D eigenvalue weighted by Gasteiger charge is -2.22. The van der Waals surface area contributed by atoms with Crippen LogP contribution in [-0.4, -0.2) is 54.8 Å². The zero-order valence-corrected chi connectivity index (χ0v) is 24.9. The van der Waals surface area contributed by atoms with Gasteiger partial charge in [0.2, 0.25) is 5.91 Å². The number of hydrogen-bond acceptors (Lipinski definition) is 9. The van der Waals surface area contributed by atoms with E-state index < -0.39 is 22.1 Å². The van der Waals surface area contributed by atoms with E-state index in [1.54, 1.807) is 29.2 Å². The van der Waals surface area contributed by atoms with Crippen LogP contribution in [0.3, 0.4) is 0 Å². The Kier molecular flexibility index (Phi) is 12.8. The van der Waals surface area contributed by atoms with Crippen LogP contribution in [0.5, 0.6) is 5.75 Å². The fraction of sp³-hybridized carbons (Fsp3) is 0.267. The number of carbonyl (C=O) groups excluding carboxylic acids is 3. The Bertz CT molecular complexity index is 1540. The fourth-order valence-corrected chi connectivity index (χ4v) is 4.32. The zero-order valence-electron chi connectivity index (χ0n) is 24.1. The standard InChI is InChI=1S/C23H28N4O5.C7H8O3S/c1-3-11-27(12-4-2)20(28)14-16-13-18(9-10-19(16)21(29)30)32-22(31)15-5-7-17(8-6-15)26-23(24)25;1-6-2-4-7(5-3-6)11(8,9)10/h5-10,13H,3-4,11-12,14H2,1-2H3,(H,29,30)(H4,24,25,26);2-5H,1H3,(H,8,9,10)/p-2. The Labute approximate surface area is 250 Å². The van der Waals surface area contributed by atoms with E-state index in [1.165, 1.54) is 42.5 Å². The maximum Gasteiger partial charge on any atom is 0.343 e. The normalized spacial score (nSPS) is 10.6. The first kappa shape index (κ1) is 34.5. The summed E-state index contributed by atoms with van der Waals surface area (Å²) in [6, 6.07) is 15.9. The molecule has 230 valence electrons. The largest absolute Gasteiger partial charge is 0.744 e. The number of aliphatic imine (C=N–C) groups is 1. The number of guanidine groups is 1. The lowest BCUT2D eigenvalue weighted by atomic mass is 10.0. The number of esters is 1. The Morgan fingerprint density at radius 2 is 1.49 bits per heavy atom. The van der Waals surface area contributed by atoms with E-state index in [-0.39, 0.29) is 45.6 Å². The Balaban J connectivity index is 0.000000490. The van der Waals surface area contributed by atoms with E-state index in [2.05, 4.69) is 4.99 Å². The SMILES string of the molecule is CCCN(CCC)C(=O)Cc1cc(OC(=O)c2ccc(N=C(N)N)cc2)ccc1C(=O)[O-].Cc1ccc(S(=O)(=O)[O-])cc1. The van der Waals surface area contributed by atoms with E-state index in [4.69, 9.17) is 16.2 Å². The third-order valence-corrected chi connectivity index (χ3v) is 6.71. The first-order valence-corrected chi connectivity index (χ1v) is 14.7. The average Bonchev–Trinajstić information content (AvgIpc) is 2.93. The van der Waals surface area contributed by atoms with Crippen molar-refractivity contribution in [1.82, 2.24) is 4.90 Å². The number of nitrogens with zero attached hydrogens (tertiary/aromatic N) is 2. The molecule has 12 nitrogen and oxygen atoms in total. The molecule has 43 heavy (non-hydrogen) atoms. The summed E-state index contributed by atoms with van der Waals surface area (Å²) in [4.78, 5) is 42.1. The molecule has 3 rings (SSSR count). The molecule has 0 atom stereocenters. The molecule has 1 amide bonds. The van der Waals surface area contributed by atoms with Crippen molar-refractivity contribution in [3.63, 3.8) is 0 Å². The number of ether oxygens (including phenoxy) is 1. The second-order valence-corrected chi connectivity index (χ2v) is 10.8. The summed E-state index contributed by atoms with van der Waals surface area (Å²) in [7, 11) is -4.27. The van der Waals surface area contributed by atoms with E-state index in [0.717, 1.165) is 18.4 Å². The topological polar surface area (TPSA) is 208 Å². The van der Waals surface area contributed by atoms with Crippen molar-refractivity contribution in [2.24, 2.45) is 16.5 Å².